The second kappa shape index (κ2) is 5.88. The standard InChI is InChI=1S/C13H23N3O3/c1-9-7-15-6-2-3-10(15)8-16(9)13(19)11(14)4-5-12(17)18/h9-11H,2-8,14H2,1H3,(H,17,18). The molecule has 3 N–H and O–H groups in total. The number of amides is 1. The topological polar surface area (TPSA) is 86.9 Å². The summed E-state index contributed by atoms with van der Waals surface area (Å²) in [5.41, 5.74) is 5.83. The van der Waals surface area contributed by atoms with Crippen LogP contribution in [0.15, 0.2) is 0 Å². The first kappa shape index (κ1) is 14.3. The first-order valence-electron chi connectivity index (χ1n) is 7.01. The monoisotopic (exact) mass is 269 g/mol. The van der Waals surface area contributed by atoms with Crippen molar-refractivity contribution in [1.29, 1.82) is 0 Å². The van der Waals surface area contributed by atoms with Crippen molar-refractivity contribution in [2.75, 3.05) is 19.6 Å². The number of hydrogen-bond donors (Lipinski definition) is 2. The molecule has 19 heavy (non-hydrogen) atoms. The van der Waals surface area contributed by atoms with Crippen LogP contribution in [0, 0.1) is 0 Å². The van der Waals surface area contributed by atoms with E-state index in [2.05, 4.69) is 4.90 Å². The number of fused-ring (bicyclic) bond motifs is 1. The van der Waals surface area contributed by atoms with Crippen molar-refractivity contribution < 1.29 is 14.7 Å². The van der Waals surface area contributed by atoms with Gasteiger partial charge in [-0.1, -0.05) is 0 Å². The van der Waals surface area contributed by atoms with Gasteiger partial charge in [0.1, 0.15) is 0 Å². The Hall–Kier alpha value is -1.14. The lowest BCUT2D eigenvalue weighted by Crippen LogP contribution is -2.59. The van der Waals surface area contributed by atoms with E-state index < -0.39 is 12.0 Å². The highest BCUT2D eigenvalue weighted by Gasteiger charge is 2.37. The zero-order chi connectivity index (χ0) is 14.0. The van der Waals surface area contributed by atoms with Gasteiger partial charge in [-0.15, -0.1) is 0 Å². The Morgan fingerprint density at radius 2 is 2.16 bits per heavy atom. The molecular weight excluding hydrogens is 246 g/mol. The second-order valence-corrected chi connectivity index (χ2v) is 5.67. The molecule has 0 aromatic rings. The van der Waals surface area contributed by atoms with Crippen molar-refractivity contribution in [2.24, 2.45) is 5.73 Å². The van der Waals surface area contributed by atoms with Crippen LogP contribution in [-0.2, 0) is 9.59 Å². The molecule has 2 saturated heterocycles. The van der Waals surface area contributed by atoms with Crippen LogP contribution < -0.4 is 5.73 Å². The number of carboxylic acid groups (broad SMARTS) is 1. The largest absolute Gasteiger partial charge is 0.481 e. The van der Waals surface area contributed by atoms with Crippen LogP contribution in [0.3, 0.4) is 0 Å². The van der Waals surface area contributed by atoms with E-state index in [-0.39, 0.29) is 24.8 Å². The molecule has 0 bridgehead atoms. The molecule has 6 nitrogen and oxygen atoms in total. The molecule has 1 amide bonds. The molecule has 6 heteroatoms. The number of rotatable bonds is 4. The Bertz CT molecular complexity index is 361. The summed E-state index contributed by atoms with van der Waals surface area (Å²) in [4.78, 5) is 27.1. The van der Waals surface area contributed by atoms with Crippen molar-refractivity contribution in [1.82, 2.24) is 9.80 Å². The average Bonchev–Trinajstić information content (AvgIpc) is 2.80. The Morgan fingerprint density at radius 1 is 1.42 bits per heavy atom. The summed E-state index contributed by atoms with van der Waals surface area (Å²) in [6.07, 6.45) is 2.50. The summed E-state index contributed by atoms with van der Waals surface area (Å²) >= 11 is 0. The van der Waals surface area contributed by atoms with Crippen molar-refractivity contribution in [3.63, 3.8) is 0 Å². The molecule has 0 aromatic carbocycles. The fraction of sp³-hybridized carbons (Fsp3) is 0.846. The van der Waals surface area contributed by atoms with Gasteiger partial charge in [0.2, 0.25) is 5.91 Å². The van der Waals surface area contributed by atoms with Crippen molar-refractivity contribution >= 4 is 11.9 Å². The van der Waals surface area contributed by atoms with Crippen LogP contribution in [0.5, 0.6) is 0 Å². The third kappa shape index (κ3) is 3.25. The van der Waals surface area contributed by atoms with E-state index in [1.54, 1.807) is 0 Å². The van der Waals surface area contributed by atoms with E-state index >= 15 is 0 Å². The van der Waals surface area contributed by atoms with Crippen LogP contribution in [0.1, 0.15) is 32.6 Å². The van der Waals surface area contributed by atoms with E-state index in [0.29, 0.717) is 6.04 Å². The van der Waals surface area contributed by atoms with E-state index in [9.17, 15) is 9.59 Å². The number of carbonyl (C=O) groups excluding carboxylic acids is 1. The highest BCUT2D eigenvalue weighted by Crippen LogP contribution is 2.25. The summed E-state index contributed by atoms with van der Waals surface area (Å²) < 4.78 is 0. The Balaban J connectivity index is 1.92. The maximum absolute atomic E-state index is 12.3. The Labute approximate surface area is 113 Å². The van der Waals surface area contributed by atoms with Crippen molar-refractivity contribution in [2.45, 2.75) is 50.7 Å². The quantitative estimate of drug-likeness (QED) is 0.742. The lowest BCUT2D eigenvalue weighted by Gasteiger charge is -2.43. The molecular formula is C13H23N3O3. The highest BCUT2D eigenvalue weighted by molar-refractivity contribution is 5.82. The minimum atomic E-state index is -0.906. The normalized spacial score (nSPS) is 29.1. The molecule has 2 fully saturated rings. The Morgan fingerprint density at radius 3 is 2.84 bits per heavy atom. The Kier molecular flexibility index (Phi) is 4.42. The molecule has 3 atom stereocenters. The minimum Gasteiger partial charge on any atom is -0.481 e. The third-order valence-corrected chi connectivity index (χ3v) is 4.21. The minimum absolute atomic E-state index is 0.0509. The number of carboxylic acids is 1. The van der Waals surface area contributed by atoms with Gasteiger partial charge in [-0.2, -0.15) is 0 Å². The van der Waals surface area contributed by atoms with Gasteiger partial charge in [0, 0.05) is 31.6 Å². The van der Waals surface area contributed by atoms with Crippen molar-refractivity contribution in [3.05, 3.63) is 0 Å². The summed E-state index contributed by atoms with van der Waals surface area (Å²) in [7, 11) is 0. The number of nitrogens with zero attached hydrogens (tertiary/aromatic N) is 2. The number of nitrogens with two attached hydrogens (primary N) is 1. The van der Waals surface area contributed by atoms with E-state index in [1.165, 1.54) is 6.42 Å². The zero-order valence-corrected chi connectivity index (χ0v) is 11.4. The van der Waals surface area contributed by atoms with Gasteiger partial charge in [0.05, 0.1) is 6.04 Å². The smallest absolute Gasteiger partial charge is 0.303 e. The highest BCUT2D eigenvalue weighted by atomic mass is 16.4. The second-order valence-electron chi connectivity index (χ2n) is 5.67. The number of hydrogen-bond acceptors (Lipinski definition) is 4. The van der Waals surface area contributed by atoms with Gasteiger partial charge >= 0.3 is 5.97 Å². The SMILES string of the molecule is CC1CN2CCCC2CN1C(=O)C(N)CCC(=O)O. The van der Waals surface area contributed by atoms with Gasteiger partial charge in [0.25, 0.3) is 0 Å². The molecule has 0 aliphatic carbocycles. The number of carbonyl (C=O) groups is 2. The lowest BCUT2D eigenvalue weighted by molar-refractivity contribution is -0.139. The number of aliphatic carboxylic acids is 1. The molecule has 2 aliphatic heterocycles. The van der Waals surface area contributed by atoms with Gasteiger partial charge in [-0.05, 0) is 32.7 Å². The van der Waals surface area contributed by atoms with Gasteiger partial charge in [-0.3, -0.25) is 14.5 Å². The average molecular weight is 269 g/mol. The molecule has 0 radical (unpaired) electrons. The first-order valence-corrected chi connectivity index (χ1v) is 7.01. The molecule has 3 unspecified atom stereocenters. The van der Waals surface area contributed by atoms with Crippen molar-refractivity contribution in [3.8, 4) is 0 Å². The summed E-state index contributed by atoms with van der Waals surface area (Å²) in [6.45, 7) is 4.81. The van der Waals surface area contributed by atoms with Crippen LogP contribution in [0.25, 0.3) is 0 Å². The van der Waals surface area contributed by atoms with Gasteiger partial charge < -0.3 is 15.7 Å². The molecule has 0 aromatic heterocycles. The summed E-state index contributed by atoms with van der Waals surface area (Å²) in [5, 5.41) is 8.64. The maximum Gasteiger partial charge on any atom is 0.303 e. The fourth-order valence-corrected chi connectivity index (χ4v) is 3.11. The molecule has 2 aliphatic rings. The molecule has 0 saturated carbocycles. The third-order valence-electron chi connectivity index (χ3n) is 4.21. The van der Waals surface area contributed by atoms with Crippen LogP contribution in [-0.4, -0.2) is 64.5 Å². The number of piperazine rings is 1. The van der Waals surface area contributed by atoms with Gasteiger partial charge in [-0.25, -0.2) is 0 Å². The van der Waals surface area contributed by atoms with E-state index in [0.717, 1.165) is 26.1 Å². The molecule has 2 heterocycles. The predicted octanol–water partition coefficient (Wildman–Crippen LogP) is -0.126. The van der Waals surface area contributed by atoms with Gasteiger partial charge in [0.15, 0.2) is 0 Å². The van der Waals surface area contributed by atoms with Crippen LogP contribution in [0.2, 0.25) is 0 Å². The van der Waals surface area contributed by atoms with E-state index in [4.69, 9.17) is 10.8 Å². The van der Waals surface area contributed by atoms with E-state index in [1.807, 2.05) is 11.8 Å². The zero-order valence-electron chi connectivity index (χ0n) is 11.4. The molecule has 2 rings (SSSR count). The summed E-state index contributed by atoms with van der Waals surface area (Å²) in [6, 6.07) is -0.0592. The molecule has 108 valence electrons. The lowest BCUT2D eigenvalue weighted by atomic mass is 10.0. The van der Waals surface area contributed by atoms with Crippen LogP contribution >= 0.6 is 0 Å². The predicted molar refractivity (Wildman–Crippen MR) is 70.6 cm³/mol. The maximum atomic E-state index is 12.3. The fourth-order valence-electron chi connectivity index (χ4n) is 3.11. The van der Waals surface area contributed by atoms with Crippen LogP contribution in [0.4, 0.5) is 0 Å². The molecule has 0 spiro atoms. The first-order chi connectivity index (χ1) is 8.99. The summed E-state index contributed by atoms with van der Waals surface area (Å²) in [5.74, 6) is -1.00.